The number of nitrogens with zero attached hydrogens (tertiary/aromatic N) is 2. The van der Waals surface area contributed by atoms with Crippen molar-refractivity contribution in [2.75, 3.05) is 0 Å². The van der Waals surface area contributed by atoms with Crippen LogP contribution < -0.4 is 4.74 Å². The molecule has 1 heterocycles. The minimum absolute atomic E-state index is 0.488. The highest BCUT2D eigenvalue weighted by Crippen LogP contribution is 2.27. The first kappa shape index (κ1) is 12.1. The van der Waals surface area contributed by atoms with Crippen LogP contribution in [-0.2, 0) is 0 Å². The second-order valence-corrected chi connectivity index (χ2v) is 4.25. The molecular formula is C15H14N2O. The van der Waals surface area contributed by atoms with E-state index in [1.54, 1.807) is 6.07 Å². The van der Waals surface area contributed by atoms with E-state index in [2.05, 4.69) is 11.1 Å². The molecule has 1 aromatic carbocycles. The largest absolute Gasteiger partial charge is 0.456 e. The summed E-state index contributed by atoms with van der Waals surface area (Å²) in [7, 11) is 0. The Morgan fingerprint density at radius 1 is 1.17 bits per heavy atom. The van der Waals surface area contributed by atoms with E-state index in [4.69, 9.17) is 10.00 Å². The van der Waals surface area contributed by atoms with Crippen molar-refractivity contribution < 1.29 is 4.74 Å². The smallest absolute Gasteiger partial charge is 0.148 e. The van der Waals surface area contributed by atoms with Crippen molar-refractivity contribution in [3.05, 3.63) is 52.8 Å². The maximum atomic E-state index is 9.15. The van der Waals surface area contributed by atoms with Crippen molar-refractivity contribution in [1.29, 1.82) is 5.26 Å². The number of aryl methyl sites for hydroxylation is 3. The van der Waals surface area contributed by atoms with E-state index in [0.29, 0.717) is 17.0 Å². The Morgan fingerprint density at radius 3 is 2.61 bits per heavy atom. The molecule has 1 aromatic heterocycles. The van der Waals surface area contributed by atoms with Crippen LogP contribution in [0.3, 0.4) is 0 Å². The molecule has 0 spiro atoms. The summed E-state index contributed by atoms with van der Waals surface area (Å²) in [4.78, 5) is 4.26. The van der Waals surface area contributed by atoms with Crippen molar-refractivity contribution >= 4 is 0 Å². The van der Waals surface area contributed by atoms with Crippen LogP contribution in [0, 0.1) is 32.1 Å². The monoisotopic (exact) mass is 238 g/mol. The van der Waals surface area contributed by atoms with E-state index in [1.807, 2.05) is 45.0 Å². The molecular weight excluding hydrogens is 224 g/mol. The van der Waals surface area contributed by atoms with Crippen LogP contribution in [0.1, 0.15) is 22.5 Å². The van der Waals surface area contributed by atoms with Crippen molar-refractivity contribution in [1.82, 2.24) is 4.98 Å². The van der Waals surface area contributed by atoms with Gasteiger partial charge >= 0.3 is 0 Å². The molecule has 0 N–H and O–H groups in total. The van der Waals surface area contributed by atoms with Crippen LogP contribution in [-0.4, -0.2) is 4.98 Å². The molecule has 0 fully saturated rings. The summed E-state index contributed by atoms with van der Waals surface area (Å²) in [6.45, 7) is 5.70. The van der Waals surface area contributed by atoms with Crippen LogP contribution >= 0.6 is 0 Å². The summed E-state index contributed by atoms with van der Waals surface area (Å²) < 4.78 is 5.78. The van der Waals surface area contributed by atoms with E-state index in [1.165, 1.54) is 0 Å². The summed E-state index contributed by atoms with van der Waals surface area (Å²) >= 11 is 0. The van der Waals surface area contributed by atoms with Gasteiger partial charge in [0.15, 0.2) is 0 Å². The molecule has 3 heteroatoms. The third kappa shape index (κ3) is 2.49. The second kappa shape index (κ2) is 4.89. The van der Waals surface area contributed by atoms with Crippen LogP contribution in [0.2, 0.25) is 0 Å². The van der Waals surface area contributed by atoms with Gasteiger partial charge in [-0.1, -0.05) is 12.1 Å². The van der Waals surface area contributed by atoms with Crippen LogP contribution in [0.15, 0.2) is 30.3 Å². The van der Waals surface area contributed by atoms with Gasteiger partial charge in [-0.25, -0.2) is 0 Å². The molecule has 2 aromatic rings. The summed E-state index contributed by atoms with van der Waals surface area (Å²) in [5.74, 6) is 1.30. The number of ether oxygens (including phenoxy) is 1. The van der Waals surface area contributed by atoms with Gasteiger partial charge in [0.2, 0.25) is 0 Å². The average molecular weight is 238 g/mol. The Kier molecular flexibility index (Phi) is 3.29. The van der Waals surface area contributed by atoms with Crippen molar-refractivity contribution in [2.45, 2.75) is 20.8 Å². The highest BCUT2D eigenvalue weighted by molar-refractivity contribution is 5.48. The van der Waals surface area contributed by atoms with Crippen molar-refractivity contribution in [3.8, 4) is 17.6 Å². The van der Waals surface area contributed by atoms with Crippen molar-refractivity contribution in [2.24, 2.45) is 0 Å². The predicted molar refractivity (Wildman–Crippen MR) is 69.7 cm³/mol. The molecule has 0 bridgehead atoms. The highest BCUT2D eigenvalue weighted by atomic mass is 16.5. The van der Waals surface area contributed by atoms with Gasteiger partial charge in [0, 0.05) is 11.8 Å². The number of hydrogen-bond acceptors (Lipinski definition) is 3. The lowest BCUT2D eigenvalue weighted by molar-refractivity contribution is 0.478. The molecule has 3 nitrogen and oxygen atoms in total. The molecule has 0 saturated heterocycles. The molecule has 0 aliphatic carbocycles. The van der Waals surface area contributed by atoms with Gasteiger partial charge < -0.3 is 4.74 Å². The Bertz CT molecular complexity index is 627. The molecule has 0 radical (unpaired) electrons. The highest BCUT2D eigenvalue weighted by Gasteiger charge is 2.10. The Hall–Kier alpha value is -2.34. The topological polar surface area (TPSA) is 45.9 Å². The summed E-state index contributed by atoms with van der Waals surface area (Å²) in [5.41, 5.74) is 3.14. The van der Waals surface area contributed by atoms with Crippen LogP contribution in [0.5, 0.6) is 11.5 Å². The minimum atomic E-state index is 0.488. The first-order valence-corrected chi connectivity index (χ1v) is 5.73. The predicted octanol–water partition coefficient (Wildman–Crippen LogP) is 3.67. The van der Waals surface area contributed by atoms with Gasteiger partial charge in [-0.05, 0) is 38.5 Å². The number of aromatic nitrogens is 1. The minimum Gasteiger partial charge on any atom is -0.456 e. The Balaban J connectivity index is 2.43. The number of pyridine rings is 1. The fourth-order valence-electron chi connectivity index (χ4n) is 1.82. The molecule has 0 aliphatic heterocycles. The average Bonchev–Trinajstić information content (AvgIpc) is 2.28. The van der Waals surface area contributed by atoms with Crippen LogP contribution in [0.25, 0.3) is 0 Å². The molecule has 0 saturated carbocycles. The number of rotatable bonds is 2. The van der Waals surface area contributed by atoms with Crippen molar-refractivity contribution in [3.63, 3.8) is 0 Å². The zero-order valence-corrected chi connectivity index (χ0v) is 10.7. The standard InChI is InChI=1S/C15H14N2O/c1-10-5-4-6-13(7-10)18-15-8-11(2)17-12(3)14(15)9-16/h4-8H,1-3H3. The van der Waals surface area contributed by atoms with Gasteiger partial charge in [-0.2, -0.15) is 5.26 Å². The van der Waals surface area contributed by atoms with Crippen LogP contribution in [0.4, 0.5) is 0 Å². The van der Waals surface area contributed by atoms with E-state index in [0.717, 1.165) is 17.0 Å². The van der Waals surface area contributed by atoms with Gasteiger partial charge in [0.1, 0.15) is 23.1 Å². The van der Waals surface area contributed by atoms with Gasteiger partial charge in [0.05, 0.1) is 5.69 Å². The molecule has 18 heavy (non-hydrogen) atoms. The first-order valence-electron chi connectivity index (χ1n) is 5.73. The van der Waals surface area contributed by atoms with Gasteiger partial charge in [-0.15, -0.1) is 0 Å². The van der Waals surface area contributed by atoms with E-state index >= 15 is 0 Å². The molecule has 90 valence electrons. The molecule has 0 amide bonds. The molecule has 0 unspecified atom stereocenters. The summed E-state index contributed by atoms with van der Waals surface area (Å²) in [5, 5.41) is 9.15. The Morgan fingerprint density at radius 2 is 1.94 bits per heavy atom. The normalized spacial score (nSPS) is 9.89. The summed E-state index contributed by atoms with van der Waals surface area (Å²) in [6.07, 6.45) is 0. The zero-order valence-electron chi connectivity index (χ0n) is 10.7. The maximum absolute atomic E-state index is 9.15. The quantitative estimate of drug-likeness (QED) is 0.801. The fourth-order valence-corrected chi connectivity index (χ4v) is 1.82. The van der Waals surface area contributed by atoms with Gasteiger partial charge in [-0.3, -0.25) is 4.98 Å². The third-order valence-electron chi connectivity index (χ3n) is 2.62. The SMILES string of the molecule is Cc1cccc(Oc2cc(C)nc(C)c2C#N)c1. The Labute approximate surface area is 107 Å². The fraction of sp³-hybridized carbons (Fsp3) is 0.200. The molecule has 2 rings (SSSR count). The third-order valence-corrected chi connectivity index (χ3v) is 2.62. The number of hydrogen-bond donors (Lipinski definition) is 0. The number of nitriles is 1. The zero-order chi connectivity index (χ0) is 13.1. The lowest BCUT2D eigenvalue weighted by Crippen LogP contribution is -1.96. The maximum Gasteiger partial charge on any atom is 0.148 e. The summed E-state index contributed by atoms with van der Waals surface area (Å²) in [6, 6.07) is 11.7. The molecule has 0 atom stereocenters. The van der Waals surface area contributed by atoms with E-state index in [9.17, 15) is 0 Å². The molecule has 0 aliphatic rings. The first-order chi connectivity index (χ1) is 8.60. The van der Waals surface area contributed by atoms with Gasteiger partial charge in [0.25, 0.3) is 0 Å². The lowest BCUT2D eigenvalue weighted by atomic mass is 10.2. The number of benzene rings is 1. The second-order valence-electron chi connectivity index (χ2n) is 4.25. The van der Waals surface area contributed by atoms with E-state index < -0.39 is 0 Å². The van der Waals surface area contributed by atoms with E-state index in [-0.39, 0.29) is 0 Å². The lowest BCUT2D eigenvalue weighted by Gasteiger charge is -2.10.